The number of fused-ring (bicyclic) bond motifs is 2. The SMILES string of the molecule is CC1CCCc2cc3[nH]ncc3c(Br)c21. The van der Waals surface area contributed by atoms with Crippen molar-refractivity contribution in [3.63, 3.8) is 0 Å². The van der Waals surface area contributed by atoms with Crippen LogP contribution in [0.3, 0.4) is 0 Å². The van der Waals surface area contributed by atoms with Crippen LogP contribution in [0, 0.1) is 0 Å². The highest BCUT2D eigenvalue weighted by molar-refractivity contribution is 9.10. The Morgan fingerprint density at radius 3 is 3.27 bits per heavy atom. The number of nitrogens with zero attached hydrogens (tertiary/aromatic N) is 1. The fourth-order valence-electron chi connectivity index (χ4n) is 2.60. The minimum absolute atomic E-state index is 0.669. The molecule has 1 heterocycles. The van der Waals surface area contributed by atoms with Crippen LogP contribution >= 0.6 is 15.9 Å². The van der Waals surface area contributed by atoms with Gasteiger partial charge in [-0.2, -0.15) is 5.10 Å². The third-order valence-electron chi connectivity index (χ3n) is 3.38. The molecule has 1 aromatic carbocycles. The number of H-pyrrole nitrogens is 1. The number of hydrogen-bond acceptors (Lipinski definition) is 1. The Balaban J connectivity index is 2.36. The van der Waals surface area contributed by atoms with Gasteiger partial charge in [-0.3, -0.25) is 5.10 Å². The fraction of sp³-hybridized carbons (Fsp3) is 0.417. The molecule has 0 fully saturated rings. The summed E-state index contributed by atoms with van der Waals surface area (Å²) >= 11 is 3.73. The van der Waals surface area contributed by atoms with Gasteiger partial charge in [-0.1, -0.05) is 6.92 Å². The molecule has 78 valence electrons. The Morgan fingerprint density at radius 2 is 2.40 bits per heavy atom. The van der Waals surface area contributed by atoms with Gasteiger partial charge in [-0.05, 0) is 58.3 Å². The number of aromatic nitrogens is 2. The van der Waals surface area contributed by atoms with E-state index in [0.29, 0.717) is 5.92 Å². The summed E-state index contributed by atoms with van der Waals surface area (Å²) in [4.78, 5) is 0. The number of aromatic amines is 1. The Kier molecular flexibility index (Phi) is 2.09. The molecule has 1 aliphatic rings. The van der Waals surface area contributed by atoms with Crippen molar-refractivity contribution in [3.8, 4) is 0 Å². The highest BCUT2D eigenvalue weighted by Crippen LogP contribution is 2.39. The van der Waals surface area contributed by atoms with Crippen LogP contribution in [0.25, 0.3) is 10.9 Å². The smallest absolute Gasteiger partial charge is 0.0664 e. The van der Waals surface area contributed by atoms with E-state index < -0.39 is 0 Å². The van der Waals surface area contributed by atoms with Gasteiger partial charge in [0.05, 0.1) is 11.7 Å². The van der Waals surface area contributed by atoms with Crippen LogP contribution in [0.2, 0.25) is 0 Å². The van der Waals surface area contributed by atoms with Gasteiger partial charge in [0.25, 0.3) is 0 Å². The number of nitrogens with one attached hydrogen (secondary N) is 1. The quantitative estimate of drug-likeness (QED) is 0.771. The van der Waals surface area contributed by atoms with Gasteiger partial charge in [0.2, 0.25) is 0 Å². The summed E-state index contributed by atoms with van der Waals surface area (Å²) in [5.74, 6) is 0.669. The zero-order valence-electron chi connectivity index (χ0n) is 8.68. The fourth-order valence-corrected chi connectivity index (χ4v) is 3.56. The van der Waals surface area contributed by atoms with Crippen molar-refractivity contribution in [2.45, 2.75) is 32.1 Å². The lowest BCUT2D eigenvalue weighted by atomic mass is 9.83. The van der Waals surface area contributed by atoms with Crippen LogP contribution in [0.1, 0.15) is 36.8 Å². The first kappa shape index (κ1) is 9.40. The molecule has 0 spiro atoms. The number of aryl methyl sites for hydroxylation is 1. The third kappa shape index (κ3) is 1.33. The normalized spacial score (nSPS) is 20.5. The Bertz CT molecular complexity index is 516. The summed E-state index contributed by atoms with van der Waals surface area (Å²) in [6.07, 6.45) is 5.71. The van der Waals surface area contributed by atoms with Crippen molar-refractivity contribution in [1.82, 2.24) is 10.2 Å². The largest absolute Gasteiger partial charge is 0.278 e. The average molecular weight is 265 g/mol. The summed E-state index contributed by atoms with van der Waals surface area (Å²) in [6.45, 7) is 2.31. The summed E-state index contributed by atoms with van der Waals surface area (Å²) in [5, 5.41) is 8.36. The van der Waals surface area contributed by atoms with Crippen LogP contribution in [0.15, 0.2) is 16.7 Å². The zero-order chi connectivity index (χ0) is 10.4. The summed E-state index contributed by atoms with van der Waals surface area (Å²) < 4.78 is 1.25. The molecule has 1 atom stereocenters. The standard InChI is InChI=1S/C12H13BrN2/c1-7-3-2-4-8-5-10-9(6-14-15-10)12(13)11(7)8/h5-7H,2-4H2,1H3,(H,14,15). The summed E-state index contributed by atoms with van der Waals surface area (Å²) in [6, 6.07) is 2.26. The molecule has 0 bridgehead atoms. The minimum atomic E-state index is 0.669. The molecule has 1 unspecified atom stereocenters. The van der Waals surface area contributed by atoms with Gasteiger partial charge in [0, 0.05) is 9.86 Å². The molecular formula is C12H13BrN2. The number of hydrogen-bond donors (Lipinski definition) is 1. The van der Waals surface area contributed by atoms with Crippen molar-refractivity contribution in [2.24, 2.45) is 0 Å². The number of rotatable bonds is 0. The maximum absolute atomic E-state index is 4.10. The molecule has 0 saturated carbocycles. The molecule has 3 heteroatoms. The second-order valence-corrected chi connectivity index (χ2v) is 5.18. The lowest BCUT2D eigenvalue weighted by molar-refractivity contribution is 0.589. The van der Waals surface area contributed by atoms with E-state index in [4.69, 9.17) is 0 Å². The number of benzene rings is 1. The van der Waals surface area contributed by atoms with E-state index >= 15 is 0 Å². The zero-order valence-corrected chi connectivity index (χ0v) is 10.3. The van der Waals surface area contributed by atoms with E-state index in [0.717, 1.165) is 5.52 Å². The molecule has 3 rings (SSSR count). The summed E-state index contributed by atoms with van der Waals surface area (Å²) in [5.41, 5.74) is 4.13. The lowest BCUT2D eigenvalue weighted by Crippen LogP contribution is -2.07. The molecule has 1 N–H and O–H groups in total. The molecule has 0 radical (unpaired) electrons. The Labute approximate surface area is 97.2 Å². The maximum atomic E-state index is 4.10. The average Bonchev–Trinajstić information content (AvgIpc) is 2.66. The highest BCUT2D eigenvalue weighted by Gasteiger charge is 2.21. The molecule has 0 amide bonds. The van der Waals surface area contributed by atoms with Gasteiger partial charge in [0.1, 0.15) is 0 Å². The van der Waals surface area contributed by atoms with E-state index in [9.17, 15) is 0 Å². The monoisotopic (exact) mass is 264 g/mol. The van der Waals surface area contributed by atoms with E-state index in [1.807, 2.05) is 6.20 Å². The summed E-state index contributed by atoms with van der Waals surface area (Å²) in [7, 11) is 0. The predicted molar refractivity (Wildman–Crippen MR) is 65.1 cm³/mol. The molecular weight excluding hydrogens is 252 g/mol. The molecule has 1 aromatic heterocycles. The Morgan fingerprint density at radius 1 is 1.53 bits per heavy atom. The van der Waals surface area contributed by atoms with Crippen molar-refractivity contribution >= 4 is 26.8 Å². The van der Waals surface area contributed by atoms with Crippen molar-refractivity contribution in [2.75, 3.05) is 0 Å². The first-order chi connectivity index (χ1) is 7.27. The molecule has 1 aliphatic carbocycles. The van der Waals surface area contributed by atoms with Crippen LogP contribution in [-0.2, 0) is 6.42 Å². The lowest BCUT2D eigenvalue weighted by Gasteiger charge is -2.23. The van der Waals surface area contributed by atoms with Crippen molar-refractivity contribution in [1.29, 1.82) is 0 Å². The van der Waals surface area contributed by atoms with Crippen LogP contribution < -0.4 is 0 Å². The van der Waals surface area contributed by atoms with Crippen LogP contribution in [0.4, 0.5) is 0 Å². The van der Waals surface area contributed by atoms with Gasteiger partial charge < -0.3 is 0 Å². The molecule has 2 nitrogen and oxygen atoms in total. The van der Waals surface area contributed by atoms with Crippen LogP contribution in [-0.4, -0.2) is 10.2 Å². The van der Waals surface area contributed by atoms with E-state index in [2.05, 4.69) is 39.1 Å². The second-order valence-electron chi connectivity index (χ2n) is 4.39. The van der Waals surface area contributed by atoms with Gasteiger partial charge in [-0.15, -0.1) is 0 Å². The van der Waals surface area contributed by atoms with Crippen LogP contribution in [0.5, 0.6) is 0 Å². The van der Waals surface area contributed by atoms with Gasteiger partial charge >= 0.3 is 0 Å². The Hall–Kier alpha value is -0.830. The first-order valence-corrected chi connectivity index (χ1v) is 6.21. The van der Waals surface area contributed by atoms with E-state index in [-0.39, 0.29) is 0 Å². The maximum Gasteiger partial charge on any atom is 0.0664 e. The van der Waals surface area contributed by atoms with E-state index in [1.165, 1.54) is 40.2 Å². The van der Waals surface area contributed by atoms with Gasteiger partial charge in [-0.25, -0.2) is 0 Å². The predicted octanol–water partition coefficient (Wildman–Crippen LogP) is 3.77. The number of halogens is 1. The van der Waals surface area contributed by atoms with Crippen molar-refractivity contribution < 1.29 is 0 Å². The minimum Gasteiger partial charge on any atom is -0.278 e. The van der Waals surface area contributed by atoms with Gasteiger partial charge in [0.15, 0.2) is 0 Å². The molecule has 0 saturated heterocycles. The molecule has 0 aliphatic heterocycles. The third-order valence-corrected chi connectivity index (χ3v) is 4.24. The van der Waals surface area contributed by atoms with E-state index in [1.54, 1.807) is 0 Å². The van der Waals surface area contributed by atoms with Crippen molar-refractivity contribution in [3.05, 3.63) is 27.9 Å². The first-order valence-electron chi connectivity index (χ1n) is 5.41. The molecule has 2 aromatic rings. The highest BCUT2D eigenvalue weighted by atomic mass is 79.9. The molecule has 15 heavy (non-hydrogen) atoms. The topological polar surface area (TPSA) is 28.7 Å². The second kappa shape index (κ2) is 3.34.